The first-order valence-electron chi connectivity index (χ1n) is 7.01. The number of nitrogens with zero attached hydrogens (tertiary/aromatic N) is 1. The molecule has 0 saturated heterocycles. The first-order chi connectivity index (χ1) is 8.67. The number of hydrogen-bond donors (Lipinski definition) is 1. The van der Waals surface area contributed by atoms with Crippen molar-refractivity contribution in [1.29, 1.82) is 0 Å². The van der Waals surface area contributed by atoms with Gasteiger partial charge in [0, 0.05) is 18.3 Å². The van der Waals surface area contributed by atoms with Gasteiger partial charge in [0.1, 0.15) is 0 Å². The third kappa shape index (κ3) is 5.05. The maximum absolute atomic E-state index is 5.65. The lowest BCUT2D eigenvalue weighted by Crippen LogP contribution is -2.14. The predicted molar refractivity (Wildman–Crippen MR) is 76.1 cm³/mol. The average molecular weight is 250 g/mol. The molecular weight excluding hydrogens is 224 g/mol. The van der Waals surface area contributed by atoms with Crippen LogP contribution in [0.1, 0.15) is 57.7 Å². The highest BCUT2D eigenvalue weighted by molar-refractivity contribution is 5.26. The summed E-state index contributed by atoms with van der Waals surface area (Å²) in [6, 6.07) is 4.22. The highest BCUT2D eigenvalue weighted by Crippen LogP contribution is 2.19. The Balaban J connectivity index is 2.77. The van der Waals surface area contributed by atoms with Crippen LogP contribution in [0.25, 0.3) is 0 Å². The van der Waals surface area contributed by atoms with Crippen molar-refractivity contribution in [2.24, 2.45) is 0 Å². The quantitative estimate of drug-likeness (QED) is 0.717. The number of ether oxygens (including phenoxy) is 1. The van der Waals surface area contributed by atoms with Crippen molar-refractivity contribution in [3.63, 3.8) is 0 Å². The van der Waals surface area contributed by atoms with E-state index < -0.39 is 0 Å². The van der Waals surface area contributed by atoms with Crippen LogP contribution >= 0.6 is 0 Å². The fourth-order valence-electron chi connectivity index (χ4n) is 1.67. The summed E-state index contributed by atoms with van der Waals surface area (Å²) < 4.78 is 5.65. The van der Waals surface area contributed by atoms with Crippen LogP contribution < -0.4 is 10.1 Å². The van der Waals surface area contributed by atoms with E-state index in [0.717, 1.165) is 44.1 Å². The monoisotopic (exact) mass is 250 g/mol. The summed E-state index contributed by atoms with van der Waals surface area (Å²) in [5, 5.41) is 3.42. The van der Waals surface area contributed by atoms with Crippen LogP contribution in [0, 0.1) is 0 Å². The van der Waals surface area contributed by atoms with E-state index in [9.17, 15) is 0 Å². The van der Waals surface area contributed by atoms with Crippen molar-refractivity contribution in [3.8, 4) is 5.88 Å². The van der Waals surface area contributed by atoms with Crippen molar-refractivity contribution >= 4 is 0 Å². The van der Waals surface area contributed by atoms with Gasteiger partial charge in [0.25, 0.3) is 0 Å². The molecule has 18 heavy (non-hydrogen) atoms. The van der Waals surface area contributed by atoms with Gasteiger partial charge < -0.3 is 10.1 Å². The van der Waals surface area contributed by atoms with E-state index >= 15 is 0 Å². The zero-order valence-electron chi connectivity index (χ0n) is 12.1. The van der Waals surface area contributed by atoms with E-state index in [0.29, 0.717) is 5.92 Å². The average Bonchev–Trinajstić information content (AvgIpc) is 2.36. The standard InChI is InChI=1S/C15H26N2O/c1-5-7-16-11-13-9-14(12(3)4)17-15(10-13)18-8-6-2/h9-10,12,16H,5-8,11H2,1-4H3. The number of pyridine rings is 1. The van der Waals surface area contributed by atoms with Gasteiger partial charge in [-0.05, 0) is 36.9 Å². The summed E-state index contributed by atoms with van der Waals surface area (Å²) in [6.45, 7) is 11.3. The van der Waals surface area contributed by atoms with Crippen molar-refractivity contribution in [3.05, 3.63) is 23.4 Å². The minimum Gasteiger partial charge on any atom is -0.478 e. The first-order valence-corrected chi connectivity index (χ1v) is 7.01. The molecule has 0 radical (unpaired) electrons. The van der Waals surface area contributed by atoms with Crippen molar-refractivity contribution < 1.29 is 4.74 Å². The summed E-state index contributed by atoms with van der Waals surface area (Å²) in [5.74, 6) is 1.19. The van der Waals surface area contributed by atoms with Gasteiger partial charge in [0.2, 0.25) is 5.88 Å². The van der Waals surface area contributed by atoms with E-state index in [-0.39, 0.29) is 0 Å². The van der Waals surface area contributed by atoms with Gasteiger partial charge in [-0.2, -0.15) is 0 Å². The van der Waals surface area contributed by atoms with E-state index in [1.165, 1.54) is 5.56 Å². The molecule has 0 aromatic carbocycles. The molecule has 0 atom stereocenters. The van der Waals surface area contributed by atoms with Crippen molar-refractivity contribution in [2.45, 2.75) is 53.0 Å². The van der Waals surface area contributed by atoms with Gasteiger partial charge in [0.05, 0.1) is 6.61 Å². The lowest BCUT2D eigenvalue weighted by molar-refractivity contribution is 0.303. The van der Waals surface area contributed by atoms with Crippen LogP contribution in [0.3, 0.4) is 0 Å². The van der Waals surface area contributed by atoms with Crippen LogP contribution in [0.4, 0.5) is 0 Å². The molecule has 0 spiro atoms. The molecule has 1 heterocycles. The van der Waals surface area contributed by atoms with Gasteiger partial charge >= 0.3 is 0 Å². The third-order valence-corrected chi connectivity index (χ3v) is 2.68. The van der Waals surface area contributed by atoms with E-state index in [1.807, 2.05) is 6.07 Å². The molecule has 0 saturated carbocycles. The molecule has 0 aliphatic rings. The number of aromatic nitrogens is 1. The van der Waals surface area contributed by atoms with Crippen LogP contribution in [-0.2, 0) is 6.54 Å². The van der Waals surface area contributed by atoms with E-state index in [2.05, 4.69) is 44.1 Å². The molecule has 0 bridgehead atoms. The fourth-order valence-corrected chi connectivity index (χ4v) is 1.67. The van der Waals surface area contributed by atoms with Crippen LogP contribution in [-0.4, -0.2) is 18.1 Å². The minimum atomic E-state index is 0.431. The SMILES string of the molecule is CCCNCc1cc(OCCC)nc(C(C)C)c1. The topological polar surface area (TPSA) is 34.1 Å². The Morgan fingerprint density at radius 3 is 2.61 bits per heavy atom. The molecule has 102 valence electrons. The smallest absolute Gasteiger partial charge is 0.213 e. The second-order valence-corrected chi connectivity index (χ2v) is 4.92. The van der Waals surface area contributed by atoms with Crippen molar-refractivity contribution in [1.82, 2.24) is 10.3 Å². The molecule has 0 fully saturated rings. The summed E-state index contributed by atoms with van der Waals surface area (Å²) in [7, 11) is 0. The third-order valence-electron chi connectivity index (χ3n) is 2.68. The van der Waals surface area contributed by atoms with E-state index in [4.69, 9.17) is 4.74 Å². The Morgan fingerprint density at radius 1 is 1.22 bits per heavy atom. The molecular formula is C15H26N2O. The summed E-state index contributed by atoms with van der Waals surface area (Å²) in [4.78, 5) is 4.55. The second kappa shape index (κ2) is 8.09. The van der Waals surface area contributed by atoms with Gasteiger partial charge in [-0.15, -0.1) is 0 Å². The van der Waals surface area contributed by atoms with Gasteiger partial charge in [-0.1, -0.05) is 27.7 Å². The molecule has 0 aliphatic heterocycles. The largest absolute Gasteiger partial charge is 0.478 e. The zero-order valence-corrected chi connectivity index (χ0v) is 12.1. The van der Waals surface area contributed by atoms with Crippen LogP contribution in [0.5, 0.6) is 5.88 Å². The number of rotatable bonds is 8. The molecule has 0 unspecified atom stereocenters. The summed E-state index contributed by atoms with van der Waals surface area (Å²) >= 11 is 0. The van der Waals surface area contributed by atoms with Gasteiger partial charge in [0.15, 0.2) is 0 Å². The molecule has 1 aromatic heterocycles. The Hall–Kier alpha value is -1.09. The maximum atomic E-state index is 5.65. The van der Waals surface area contributed by atoms with Gasteiger partial charge in [-0.25, -0.2) is 4.98 Å². The molecule has 1 rings (SSSR count). The lowest BCUT2D eigenvalue weighted by atomic mass is 10.1. The maximum Gasteiger partial charge on any atom is 0.213 e. The molecule has 0 amide bonds. The predicted octanol–water partition coefficient (Wildman–Crippen LogP) is 3.49. The highest BCUT2D eigenvalue weighted by Gasteiger charge is 2.07. The Kier molecular flexibility index (Phi) is 6.73. The van der Waals surface area contributed by atoms with Crippen molar-refractivity contribution in [2.75, 3.05) is 13.2 Å². The van der Waals surface area contributed by atoms with Crippen LogP contribution in [0.15, 0.2) is 12.1 Å². The Morgan fingerprint density at radius 2 is 2.00 bits per heavy atom. The molecule has 3 nitrogen and oxygen atoms in total. The van der Waals surface area contributed by atoms with Gasteiger partial charge in [-0.3, -0.25) is 0 Å². The second-order valence-electron chi connectivity index (χ2n) is 4.92. The molecule has 1 aromatic rings. The lowest BCUT2D eigenvalue weighted by Gasteiger charge is -2.12. The Labute approximate surface area is 111 Å². The number of nitrogens with one attached hydrogen (secondary N) is 1. The minimum absolute atomic E-state index is 0.431. The summed E-state index contributed by atoms with van der Waals surface area (Å²) in [5.41, 5.74) is 2.37. The zero-order chi connectivity index (χ0) is 13.4. The normalized spacial score (nSPS) is 10.9. The van der Waals surface area contributed by atoms with Crippen LogP contribution in [0.2, 0.25) is 0 Å². The number of hydrogen-bond acceptors (Lipinski definition) is 3. The van der Waals surface area contributed by atoms with E-state index in [1.54, 1.807) is 0 Å². The Bertz CT molecular complexity index is 350. The molecule has 1 N–H and O–H groups in total. The highest BCUT2D eigenvalue weighted by atomic mass is 16.5. The summed E-state index contributed by atoms with van der Waals surface area (Å²) in [6.07, 6.45) is 2.16. The molecule has 0 aliphatic carbocycles. The fraction of sp³-hybridized carbons (Fsp3) is 0.667. The molecule has 3 heteroatoms. The first kappa shape index (κ1) is 15.0.